The molecule has 2 atom stereocenters. The maximum Gasteiger partial charge on any atom is 0.263 e. The molecule has 8 heteroatoms. The Labute approximate surface area is 162 Å². The molecule has 8 nitrogen and oxygen atoms in total. The number of carbonyl (C=O) groups is 2. The predicted molar refractivity (Wildman–Crippen MR) is 103 cm³/mol. The number of hydrogen-bond donors (Lipinski definition) is 3. The van der Waals surface area contributed by atoms with Gasteiger partial charge in [0.25, 0.3) is 17.4 Å². The van der Waals surface area contributed by atoms with Crippen LogP contribution in [0.1, 0.15) is 32.7 Å². The number of carbonyl (C=O) groups excluding carboxylic acids is 2. The number of aliphatic hydroxyl groups is 1. The number of benzene rings is 1. The number of nitrogens with zero attached hydrogens (tertiary/aromatic N) is 1. The van der Waals surface area contributed by atoms with Gasteiger partial charge in [0.15, 0.2) is 0 Å². The van der Waals surface area contributed by atoms with Crippen LogP contribution in [0.15, 0.2) is 41.3 Å². The Kier molecular flexibility index (Phi) is 5.79. The highest BCUT2D eigenvalue weighted by molar-refractivity contribution is 5.99. The predicted octanol–water partition coefficient (Wildman–Crippen LogP) is 0.375. The van der Waals surface area contributed by atoms with Crippen LogP contribution >= 0.6 is 0 Å². The first-order valence-corrected chi connectivity index (χ1v) is 8.98. The van der Waals surface area contributed by atoms with Gasteiger partial charge >= 0.3 is 0 Å². The summed E-state index contributed by atoms with van der Waals surface area (Å²) in [5, 5.41) is 14.4. The Morgan fingerprint density at radius 1 is 1.29 bits per heavy atom. The lowest BCUT2D eigenvalue weighted by atomic mass is 10.1. The van der Waals surface area contributed by atoms with Crippen molar-refractivity contribution in [2.75, 3.05) is 20.8 Å². The smallest absolute Gasteiger partial charge is 0.263 e. The summed E-state index contributed by atoms with van der Waals surface area (Å²) < 4.78 is 6.54. The van der Waals surface area contributed by atoms with Gasteiger partial charge in [0.05, 0.1) is 19.2 Å². The fourth-order valence-corrected chi connectivity index (χ4v) is 3.02. The van der Waals surface area contributed by atoms with Crippen molar-refractivity contribution < 1.29 is 19.4 Å². The molecule has 1 aliphatic rings. The summed E-state index contributed by atoms with van der Waals surface area (Å²) in [6, 6.07) is 8.43. The number of aliphatic hydroxyl groups excluding tert-OH is 1. The van der Waals surface area contributed by atoms with E-state index in [4.69, 9.17) is 9.84 Å². The monoisotopic (exact) mass is 385 g/mol. The van der Waals surface area contributed by atoms with Gasteiger partial charge in [-0.15, -0.1) is 0 Å². The molecule has 3 N–H and O–H groups in total. The first kappa shape index (κ1) is 19.6. The molecule has 2 amide bonds. The molecule has 0 radical (unpaired) electrons. The van der Waals surface area contributed by atoms with Gasteiger partial charge in [0.1, 0.15) is 11.3 Å². The second kappa shape index (κ2) is 8.26. The minimum atomic E-state index is -0.557. The number of ether oxygens (including phenoxy) is 1. The van der Waals surface area contributed by atoms with Crippen molar-refractivity contribution in [1.29, 1.82) is 0 Å². The lowest BCUT2D eigenvalue weighted by Crippen LogP contribution is -2.34. The van der Waals surface area contributed by atoms with E-state index in [0.717, 1.165) is 5.56 Å². The molecule has 148 valence electrons. The van der Waals surface area contributed by atoms with Gasteiger partial charge in [0.2, 0.25) is 0 Å². The molecule has 1 aromatic heterocycles. The van der Waals surface area contributed by atoms with Gasteiger partial charge < -0.3 is 25.0 Å². The Bertz CT molecular complexity index is 953. The van der Waals surface area contributed by atoms with E-state index in [0.29, 0.717) is 12.2 Å². The van der Waals surface area contributed by atoms with Crippen LogP contribution in [0.4, 0.5) is 0 Å². The molecule has 1 unspecified atom stereocenters. The van der Waals surface area contributed by atoms with Crippen LogP contribution in [0.5, 0.6) is 5.75 Å². The quantitative estimate of drug-likeness (QED) is 0.638. The van der Waals surface area contributed by atoms with Crippen LogP contribution in [0.2, 0.25) is 0 Å². The average molecular weight is 385 g/mol. The summed E-state index contributed by atoms with van der Waals surface area (Å²) in [5.74, 6) is -0.232. The zero-order chi connectivity index (χ0) is 20.3. The molecule has 1 fully saturated rings. The third kappa shape index (κ3) is 4.23. The van der Waals surface area contributed by atoms with Crippen molar-refractivity contribution in [2.24, 2.45) is 5.92 Å². The minimum absolute atomic E-state index is 0.0176. The van der Waals surface area contributed by atoms with E-state index in [1.54, 1.807) is 25.3 Å². The van der Waals surface area contributed by atoms with E-state index in [1.165, 1.54) is 23.9 Å². The second-order valence-electron chi connectivity index (χ2n) is 6.76. The van der Waals surface area contributed by atoms with E-state index in [-0.39, 0.29) is 42.1 Å². The lowest BCUT2D eigenvalue weighted by Gasteiger charge is -2.12. The number of aromatic nitrogens is 1. The molecule has 0 saturated heterocycles. The van der Waals surface area contributed by atoms with Crippen molar-refractivity contribution in [1.82, 2.24) is 15.2 Å². The SMILES string of the molecule is CNC(=O)c1cc(C(=O)N[C@@H]2CC2CO)cn(Cc2cccc(OC)c2)c1=O. The topological polar surface area (TPSA) is 110 Å². The van der Waals surface area contributed by atoms with Gasteiger partial charge in [-0.2, -0.15) is 0 Å². The average Bonchev–Trinajstić information content (AvgIpc) is 3.47. The first-order chi connectivity index (χ1) is 13.5. The molecule has 1 heterocycles. The molecule has 28 heavy (non-hydrogen) atoms. The molecule has 1 aromatic carbocycles. The Morgan fingerprint density at radius 2 is 2.07 bits per heavy atom. The van der Waals surface area contributed by atoms with Crippen molar-refractivity contribution >= 4 is 11.8 Å². The van der Waals surface area contributed by atoms with E-state index in [2.05, 4.69) is 10.6 Å². The number of methoxy groups -OCH3 is 1. The summed E-state index contributed by atoms with van der Waals surface area (Å²) in [5.41, 5.74) is 0.417. The molecule has 0 bridgehead atoms. The molecule has 0 aliphatic heterocycles. The molecular weight excluding hydrogens is 362 g/mol. The summed E-state index contributed by atoms with van der Waals surface area (Å²) in [6.45, 7) is 0.202. The summed E-state index contributed by atoms with van der Waals surface area (Å²) >= 11 is 0. The van der Waals surface area contributed by atoms with Crippen LogP contribution in [-0.4, -0.2) is 48.3 Å². The maximum atomic E-state index is 12.7. The maximum absolute atomic E-state index is 12.7. The molecule has 2 aromatic rings. The third-order valence-corrected chi connectivity index (χ3v) is 4.78. The summed E-state index contributed by atoms with van der Waals surface area (Å²) in [6.07, 6.45) is 2.16. The number of amides is 2. The third-order valence-electron chi connectivity index (χ3n) is 4.78. The molecule has 3 rings (SSSR count). The zero-order valence-corrected chi connectivity index (χ0v) is 15.8. The normalized spacial score (nSPS) is 17.7. The standard InChI is InChI=1S/C20H23N3O5/c1-21-19(26)16-7-13(18(25)22-17-8-14(17)11-24)10-23(20(16)27)9-12-4-3-5-15(6-12)28-2/h3-7,10,14,17,24H,8-9,11H2,1-2H3,(H,21,26)(H,22,25)/t14?,17-/m1/s1. The van der Waals surface area contributed by atoms with Crippen LogP contribution in [0.25, 0.3) is 0 Å². The second-order valence-corrected chi connectivity index (χ2v) is 6.76. The van der Waals surface area contributed by atoms with E-state index >= 15 is 0 Å². The molecule has 1 saturated carbocycles. The lowest BCUT2D eigenvalue weighted by molar-refractivity contribution is 0.0946. The van der Waals surface area contributed by atoms with E-state index < -0.39 is 11.5 Å². The van der Waals surface area contributed by atoms with Gasteiger partial charge in [-0.05, 0) is 30.2 Å². The van der Waals surface area contributed by atoms with Gasteiger partial charge in [-0.25, -0.2) is 0 Å². The zero-order valence-electron chi connectivity index (χ0n) is 15.8. The van der Waals surface area contributed by atoms with Crippen molar-refractivity contribution in [3.8, 4) is 5.75 Å². The largest absolute Gasteiger partial charge is 0.497 e. The first-order valence-electron chi connectivity index (χ1n) is 8.98. The van der Waals surface area contributed by atoms with E-state index in [9.17, 15) is 14.4 Å². The minimum Gasteiger partial charge on any atom is -0.497 e. The van der Waals surface area contributed by atoms with Gasteiger partial charge in [-0.1, -0.05) is 12.1 Å². The highest BCUT2D eigenvalue weighted by Crippen LogP contribution is 2.29. The van der Waals surface area contributed by atoms with Gasteiger partial charge in [0, 0.05) is 31.8 Å². The van der Waals surface area contributed by atoms with E-state index in [1.807, 2.05) is 6.07 Å². The van der Waals surface area contributed by atoms with Gasteiger partial charge in [-0.3, -0.25) is 14.4 Å². The number of rotatable bonds is 7. The van der Waals surface area contributed by atoms with Crippen LogP contribution in [0.3, 0.4) is 0 Å². The fraction of sp³-hybridized carbons (Fsp3) is 0.350. The van der Waals surface area contributed by atoms with Crippen LogP contribution < -0.4 is 20.9 Å². The number of pyridine rings is 1. The van der Waals surface area contributed by atoms with Crippen LogP contribution in [-0.2, 0) is 6.54 Å². The number of nitrogens with one attached hydrogen (secondary N) is 2. The number of hydrogen-bond acceptors (Lipinski definition) is 5. The Balaban J connectivity index is 1.94. The highest BCUT2D eigenvalue weighted by Gasteiger charge is 2.37. The van der Waals surface area contributed by atoms with Crippen molar-refractivity contribution in [3.05, 3.63) is 63.6 Å². The highest BCUT2D eigenvalue weighted by atomic mass is 16.5. The fourth-order valence-electron chi connectivity index (χ4n) is 3.02. The molecule has 1 aliphatic carbocycles. The molecular formula is C20H23N3O5. The summed E-state index contributed by atoms with van der Waals surface area (Å²) in [7, 11) is 2.98. The Morgan fingerprint density at radius 3 is 2.71 bits per heavy atom. The summed E-state index contributed by atoms with van der Waals surface area (Å²) in [4.78, 5) is 37.5. The van der Waals surface area contributed by atoms with Crippen LogP contribution in [0, 0.1) is 5.92 Å². The Hall–Kier alpha value is -3.13. The van der Waals surface area contributed by atoms with Crippen molar-refractivity contribution in [2.45, 2.75) is 19.0 Å². The molecule has 0 spiro atoms. The van der Waals surface area contributed by atoms with Crippen molar-refractivity contribution in [3.63, 3.8) is 0 Å².